The molecule has 2 aliphatic heterocycles. The third kappa shape index (κ3) is 4.93. The Labute approximate surface area is 203 Å². The number of hydrogen-bond donors (Lipinski definition) is 0. The van der Waals surface area contributed by atoms with Gasteiger partial charge in [-0.05, 0) is 50.2 Å². The van der Waals surface area contributed by atoms with E-state index in [0.29, 0.717) is 55.1 Å². The van der Waals surface area contributed by atoms with E-state index in [1.807, 2.05) is 34.1 Å². The van der Waals surface area contributed by atoms with Gasteiger partial charge in [0.2, 0.25) is 17.6 Å². The Morgan fingerprint density at radius 3 is 2.44 bits per heavy atom. The minimum atomic E-state index is -0.213. The zero-order chi connectivity index (χ0) is 23.5. The van der Waals surface area contributed by atoms with Crippen molar-refractivity contribution in [3.05, 3.63) is 65.3 Å². The molecule has 0 spiro atoms. The van der Waals surface area contributed by atoms with Crippen molar-refractivity contribution in [2.75, 3.05) is 44.2 Å². The second-order valence-electron chi connectivity index (χ2n) is 8.81. The van der Waals surface area contributed by atoms with Crippen LogP contribution in [-0.4, -0.2) is 65.1 Å². The van der Waals surface area contributed by atoms with Crippen molar-refractivity contribution >= 4 is 23.2 Å². The average Bonchev–Trinajstić information content (AvgIpc) is 3.33. The summed E-state index contributed by atoms with van der Waals surface area (Å²) in [6.45, 7) is 4.71. The highest BCUT2D eigenvalue weighted by molar-refractivity contribution is 6.33. The lowest BCUT2D eigenvalue weighted by Gasteiger charge is -2.39. The Hall–Kier alpha value is -2.97. The number of benzene rings is 2. The number of rotatable bonds is 5. The molecule has 2 aliphatic rings. The van der Waals surface area contributed by atoms with Crippen LogP contribution in [0.5, 0.6) is 0 Å². The maximum atomic E-state index is 14.1. The van der Waals surface area contributed by atoms with Gasteiger partial charge in [0.05, 0.1) is 17.3 Å². The van der Waals surface area contributed by atoms with Gasteiger partial charge >= 0.3 is 0 Å². The molecule has 2 saturated heterocycles. The lowest BCUT2D eigenvalue weighted by atomic mass is 9.95. The van der Waals surface area contributed by atoms with Crippen molar-refractivity contribution in [1.29, 1.82) is 0 Å². The number of anilines is 1. The van der Waals surface area contributed by atoms with E-state index in [0.717, 1.165) is 31.5 Å². The molecular weight excluding hydrogens is 457 g/mol. The number of nitrogens with zero attached hydrogens (tertiary/aromatic N) is 5. The van der Waals surface area contributed by atoms with Crippen molar-refractivity contribution in [3.63, 3.8) is 0 Å². The molecule has 0 bridgehead atoms. The number of hydrogen-bond acceptors (Lipinski definition) is 6. The van der Waals surface area contributed by atoms with E-state index >= 15 is 0 Å². The molecule has 5 rings (SSSR count). The molecule has 0 saturated carbocycles. The Morgan fingerprint density at radius 1 is 1.00 bits per heavy atom. The summed E-state index contributed by atoms with van der Waals surface area (Å²) >= 11 is 6.23. The number of carbonyl (C=O) groups excluding carboxylic acids is 1. The van der Waals surface area contributed by atoms with Gasteiger partial charge in [-0.2, -0.15) is 4.98 Å². The molecule has 7 nitrogen and oxygen atoms in total. The molecule has 178 valence electrons. The molecule has 9 heteroatoms. The van der Waals surface area contributed by atoms with Crippen LogP contribution in [0.4, 0.5) is 10.1 Å². The third-order valence-corrected chi connectivity index (χ3v) is 6.99. The molecule has 0 atom stereocenters. The van der Waals surface area contributed by atoms with Gasteiger partial charge in [-0.25, -0.2) is 4.39 Å². The molecule has 3 aromatic rings. The standard InChI is InChI=1S/C25H27ClFN5O2/c26-20-6-2-1-5-19(20)24-28-23(34-29-24)17-30-11-9-18(10-12-30)25(33)32-15-13-31(14-16-32)22-8-4-3-7-21(22)27/h1-8,18H,9-17H2. The predicted octanol–water partition coefficient (Wildman–Crippen LogP) is 4.09. The number of para-hydroxylation sites is 1. The Morgan fingerprint density at radius 2 is 1.71 bits per heavy atom. The van der Waals surface area contributed by atoms with Crippen molar-refractivity contribution in [2.24, 2.45) is 5.92 Å². The number of carbonyl (C=O) groups is 1. The minimum Gasteiger partial charge on any atom is -0.366 e. The first kappa shape index (κ1) is 22.8. The summed E-state index contributed by atoms with van der Waals surface area (Å²) in [5.41, 5.74) is 1.36. The maximum Gasteiger partial charge on any atom is 0.241 e. The first-order chi connectivity index (χ1) is 16.6. The first-order valence-electron chi connectivity index (χ1n) is 11.7. The van der Waals surface area contributed by atoms with Crippen LogP contribution in [-0.2, 0) is 11.3 Å². The monoisotopic (exact) mass is 483 g/mol. The second kappa shape index (κ2) is 10.1. The number of piperazine rings is 1. The van der Waals surface area contributed by atoms with Crippen LogP contribution in [0.2, 0.25) is 5.02 Å². The highest BCUT2D eigenvalue weighted by atomic mass is 35.5. The van der Waals surface area contributed by atoms with Gasteiger partial charge in [0.15, 0.2) is 0 Å². The summed E-state index contributed by atoms with van der Waals surface area (Å²) in [6.07, 6.45) is 1.61. The van der Waals surface area contributed by atoms with E-state index in [1.165, 1.54) is 6.07 Å². The molecule has 1 amide bonds. The summed E-state index contributed by atoms with van der Waals surface area (Å²) in [6, 6.07) is 14.2. The number of amides is 1. The highest BCUT2D eigenvalue weighted by Crippen LogP contribution is 2.27. The number of aromatic nitrogens is 2. The Kier molecular flexibility index (Phi) is 6.78. The van der Waals surface area contributed by atoms with E-state index in [4.69, 9.17) is 16.1 Å². The van der Waals surface area contributed by atoms with E-state index in [1.54, 1.807) is 18.2 Å². The van der Waals surface area contributed by atoms with Crippen LogP contribution in [0.25, 0.3) is 11.4 Å². The molecule has 1 aromatic heterocycles. The van der Waals surface area contributed by atoms with E-state index in [9.17, 15) is 9.18 Å². The van der Waals surface area contributed by atoms with Crippen LogP contribution in [0.1, 0.15) is 18.7 Å². The van der Waals surface area contributed by atoms with Crippen molar-refractivity contribution in [3.8, 4) is 11.4 Å². The van der Waals surface area contributed by atoms with E-state index in [2.05, 4.69) is 15.0 Å². The van der Waals surface area contributed by atoms with Crippen LogP contribution in [0, 0.1) is 11.7 Å². The largest absolute Gasteiger partial charge is 0.366 e. The number of likely N-dealkylation sites (tertiary alicyclic amines) is 1. The molecule has 0 aliphatic carbocycles. The smallest absolute Gasteiger partial charge is 0.241 e. The molecule has 3 heterocycles. The normalized spacial score (nSPS) is 17.8. The topological polar surface area (TPSA) is 65.7 Å². The Bertz CT molecular complexity index is 1140. The van der Waals surface area contributed by atoms with Gasteiger partial charge in [-0.3, -0.25) is 9.69 Å². The second-order valence-corrected chi connectivity index (χ2v) is 9.21. The average molecular weight is 484 g/mol. The lowest BCUT2D eigenvalue weighted by Crippen LogP contribution is -2.51. The summed E-state index contributed by atoms with van der Waals surface area (Å²) in [4.78, 5) is 23.8. The molecule has 0 N–H and O–H groups in total. The lowest BCUT2D eigenvalue weighted by molar-refractivity contribution is -0.137. The van der Waals surface area contributed by atoms with E-state index < -0.39 is 0 Å². The zero-order valence-corrected chi connectivity index (χ0v) is 19.6. The fourth-order valence-electron chi connectivity index (χ4n) is 4.73. The van der Waals surface area contributed by atoms with Crippen molar-refractivity contribution in [1.82, 2.24) is 19.9 Å². The predicted molar refractivity (Wildman–Crippen MR) is 128 cm³/mol. The Balaban J connectivity index is 1.10. The number of halogens is 2. The summed E-state index contributed by atoms with van der Waals surface area (Å²) in [5.74, 6) is 1.06. The van der Waals surface area contributed by atoms with Crippen LogP contribution < -0.4 is 4.90 Å². The van der Waals surface area contributed by atoms with Gasteiger partial charge in [0.1, 0.15) is 5.82 Å². The van der Waals surface area contributed by atoms with Gasteiger partial charge in [0, 0.05) is 37.7 Å². The van der Waals surface area contributed by atoms with Gasteiger partial charge in [-0.1, -0.05) is 41.0 Å². The quantitative estimate of drug-likeness (QED) is 0.544. The van der Waals surface area contributed by atoms with E-state index in [-0.39, 0.29) is 17.6 Å². The molecule has 2 fully saturated rings. The summed E-state index contributed by atoms with van der Waals surface area (Å²) < 4.78 is 19.5. The minimum absolute atomic E-state index is 0.0256. The molecule has 0 unspecified atom stereocenters. The molecule has 2 aromatic carbocycles. The zero-order valence-electron chi connectivity index (χ0n) is 18.9. The van der Waals surface area contributed by atoms with Gasteiger partial charge in [0.25, 0.3) is 0 Å². The fraction of sp³-hybridized carbons (Fsp3) is 0.400. The molecular formula is C25H27ClFN5O2. The SMILES string of the molecule is O=C(C1CCN(Cc2nc(-c3ccccc3Cl)no2)CC1)N1CCN(c2ccccc2F)CC1. The fourth-order valence-corrected chi connectivity index (χ4v) is 4.95. The van der Waals surface area contributed by atoms with Crippen LogP contribution in [0.15, 0.2) is 53.1 Å². The number of piperidine rings is 1. The molecule has 0 radical (unpaired) electrons. The van der Waals surface area contributed by atoms with Crippen LogP contribution >= 0.6 is 11.6 Å². The first-order valence-corrected chi connectivity index (χ1v) is 12.0. The maximum absolute atomic E-state index is 14.1. The van der Waals surface area contributed by atoms with Crippen molar-refractivity contribution < 1.29 is 13.7 Å². The highest BCUT2D eigenvalue weighted by Gasteiger charge is 2.31. The van der Waals surface area contributed by atoms with Gasteiger partial charge in [-0.15, -0.1) is 0 Å². The van der Waals surface area contributed by atoms with Gasteiger partial charge < -0.3 is 14.3 Å². The van der Waals surface area contributed by atoms with Crippen molar-refractivity contribution in [2.45, 2.75) is 19.4 Å². The molecule has 34 heavy (non-hydrogen) atoms. The summed E-state index contributed by atoms with van der Waals surface area (Å²) in [7, 11) is 0. The third-order valence-electron chi connectivity index (χ3n) is 6.66. The van der Waals surface area contributed by atoms with Crippen LogP contribution in [0.3, 0.4) is 0 Å². The summed E-state index contributed by atoms with van der Waals surface area (Å²) in [5, 5.41) is 4.65.